The van der Waals surface area contributed by atoms with Gasteiger partial charge in [0.25, 0.3) is 10.0 Å². The SMILES string of the molecule is C[S@](=O)(=NS(=O)(=O)c1ccc(-c2ccccn2)s1)c1ccccc1. The first-order valence-electron chi connectivity index (χ1n) is 6.93. The summed E-state index contributed by atoms with van der Waals surface area (Å²) in [6, 6.07) is 16.9. The zero-order chi connectivity index (χ0) is 17.2. The Morgan fingerprint density at radius 3 is 2.29 bits per heavy atom. The van der Waals surface area contributed by atoms with Crippen LogP contribution in [-0.2, 0) is 19.8 Å². The third kappa shape index (κ3) is 3.55. The van der Waals surface area contributed by atoms with Crippen molar-refractivity contribution in [1.29, 1.82) is 0 Å². The largest absolute Gasteiger partial charge is 0.299 e. The molecule has 0 aliphatic heterocycles. The smallest absolute Gasteiger partial charge is 0.255 e. The molecule has 0 fully saturated rings. The lowest BCUT2D eigenvalue weighted by atomic mass is 10.3. The van der Waals surface area contributed by atoms with Crippen LogP contribution in [0.2, 0.25) is 0 Å². The van der Waals surface area contributed by atoms with Crippen LogP contribution in [0.1, 0.15) is 0 Å². The average molecular weight is 379 g/mol. The summed E-state index contributed by atoms with van der Waals surface area (Å²) < 4.78 is 41.4. The Labute approximate surface area is 145 Å². The van der Waals surface area contributed by atoms with Crippen LogP contribution in [0.3, 0.4) is 0 Å². The van der Waals surface area contributed by atoms with Crippen molar-refractivity contribution in [3.8, 4) is 10.6 Å². The zero-order valence-corrected chi connectivity index (χ0v) is 15.1. The first-order chi connectivity index (χ1) is 11.4. The molecule has 24 heavy (non-hydrogen) atoms. The van der Waals surface area contributed by atoms with E-state index in [1.807, 2.05) is 6.07 Å². The number of nitrogens with zero attached hydrogens (tertiary/aromatic N) is 2. The fourth-order valence-corrected chi connectivity index (χ4v) is 6.76. The third-order valence-corrected chi connectivity index (χ3v) is 8.67. The van der Waals surface area contributed by atoms with Crippen molar-refractivity contribution in [3.63, 3.8) is 0 Å². The molecule has 1 atom stereocenters. The average Bonchev–Trinajstić information content (AvgIpc) is 3.07. The summed E-state index contributed by atoms with van der Waals surface area (Å²) in [5, 5.41) is 0. The third-order valence-electron chi connectivity index (χ3n) is 3.17. The van der Waals surface area contributed by atoms with Gasteiger partial charge in [-0.3, -0.25) is 4.98 Å². The Balaban J connectivity index is 2.02. The molecule has 0 radical (unpaired) electrons. The van der Waals surface area contributed by atoms with Gasteiger partial charge < -0.3 is 0 Å². The first-order valence-corrected chi connectivity index (χ1v) is 11.1. The number of pyridine rings is 1. The lowest BCUT2D eigenvalue weighted by molar-refractivity contribution is 0.600. The number of hydrogen-bond acceptors (Lipinski definition) is 5. The highest BCUT2D eigenvalue weighted by Gasteiger charge is 2.20. The van der Waals surface area contributed by atoms with Gasteiger partial charge in [-0.05, 0) is 36.4 Å². The highest BCUT2D eigenvalue weighted by atomic mass is 32.3. The van der Waals surface area contributed by atoms with Crippen LogP contribution in [0, 0.1) is 0 Å². The summed E-state index contributed by atoms with van der Waals surface area (Å²) in [6.45, 7) is 0. The molecular weight excluding hydrogens is 364 g/mol. The van der Waals surface area contributed by atoms with Crippen LogP contribution >= 0.6 is 11.3 Å². The number of thiophene rings is 1. The Bertz CT molecular complexity index is 1070. The van der Waals surface area contributed by atoms with E-state index in [1.165, 1.54) is 12.3 Å². The molecule has 1 aromatic carbocycles. The van der Waals surface area contributed by atoms with Crippen LogP contribution < -0.4 is 0 Å². The maximum absolute atomic E-state index is 12.7. The summed E-state index contributed by atoms with van der Waals surface area (Å²) in [7, 11) is -7.06. The summed E-state index contributed by atoms with van der Waals surface area (Å²) in [5.74, 6) is 0. The summed E-state index contributed by atoms with van der Waals surface area (Å²) in [5.41, 5.74) is 0.684. The molecule has 2 heterocycles. The van der Waals surface area contributed by atoms with Gasteiger partial charge in [0.15, 0.2) is 0 Å². The summed E-state index contributed by atoms with van der Waals surface area (Å²) in [6.07, 6.45) is 2.97. The van der Waals surface area contributed by atoms with E-state index in [2.05, 4.69) is 8.75 Å². The maximum atomic E-state index is 12.7. The van der Waals surface area contributed by atoms with Gasteiger partial charge >= 0.3 is 0 Å². The normalized spacial score (nSPS) is 14.0. The molecule has 5 nitrogen and oxygen atoms in total. The number of aromatic nitrogens is 1. The molecule has 0 spiro atoms. The topological polar surface area (TPSA) is 76.5 Å². The second-order valence-corrected chi connectivity index (χ2v) is 10.4. The minimum atomic E-state index is -4.01. The van der Waals surface area contributed by atoms with Gasteiger partial charge in [-0.25, -0.2) is 4.21 Å². The van der Waals surface area contributed by atoms with E-state index < -0.39 is 19.8 Å². The van der Waals surface area contributed by atoms with Gasteiger partial charge in [-0.15, -0.1) is 15.1 Å². The Morgan fingerprint density at radius 2 is 1.62 bits per heavy atom. The number of rotatable bonds is 4. The van der Waals surface area contributed by atoms with E-state index in [4.69, 9.17) is 0 Å². The molecule has 0 amide bonds. The fraction of sp³-hybridized carbons (Fsp3) is 0.0625. The molecule has 0 unspecified atom stereocenters. The Morgan fingerprint density at radius 1 is 0.917 bits per heavy atom. The van der Waals surface area contributed by atoms with Gasteiger partial charge in [0.05, 0.1) is 20.3 Å². The second-order valence-electron chi connectivity index (χ2n) is 5.00. The van der Waals surface area contributed by atoms with Crippen LogP contribution in [0.25, 0.3) is 10.6 Å². The van der Waals surface area contributed by atoms with Gasteiger partial charge in [0.1, 0.15) is 4.21 Å². The van der Waals surface area contributed by atoms with E-state index in [-0.39, 0.29) is 4.21 Å². The molecule has 0 saturated heterocycles. The highest BCUT2D eigenvalue weighted by molar-refractivity contribution is 8.03. The standard InChI is InChI=1S/C16H14N2O3S3/c1-23(19,13-7-3-2-4-8-13)18-24(20,21)16-11-10-15(22-16)14-9-5-6-12-17-14/h2-12H,1H3/t23-/m1/s1. The highest BCUT2D eigenvalue weighted by Crippen LogP contribution is 2.31. The lowest BCUT2D eigenvalue weighted by Gasteiger charge is -2.03. The van der Waals surface area contributed by atoms with E-state index >= 15 is 0 Å². The molecule has 124 valence electrons. The predicted molar refractivity (Wildman–Crippen MR) is 95.9 cm³/mol. The Kier molecular flexibility index (Phi) is 4.53. The van der Waals surface area contributed by atoms with Crippen LogP contribution in [0.4, 0.5) is 0 Å². The molecule has 8 heteroatoms. The summed E-state index contributed by atoms with van der Waals surface area (Å²) >= 11 is 1.06. The molecule has 0 N–H and O–H groups in total. The van der Waals surface area contributed by atoms with Crippen LogP contribution in [0.5, 0.6) is 0 Å². The van der Waals surface area contributed by atoms with Crippen molar-refractivity contribution in [2.75, 3.05) is 6.26 Å². The molecule has 0 saturated carbocycles. The van der Waals surface area contributed by atoms with Crippen LogP contribution in [0.15, 0.2) is 79.7 Å². The van der Waals surface area contributed by atoms with E-state index in [0.29, 0.717) is 15.5 Å². The molecular formula is C16H14N2O3S3. The number of sulfonamides is 1. The predicted octanol–water partition coefficient (Wildman–Crippen LogP) is 3.66. The van der Waals surface area contributed by atoms with Crippen molar-refractivity contribution in [2.45, 2.75) is 9.10 Å². The van der Waals surface area contributed by atoms with Crippen molar-refractivity contribution < 1.29 is 12.6 Å². The van der Waals surface area contributed by atoms with Gasteiger partial charge in [0.2, 0.25) is 0 Å². The summed E-state index contributed by atoms with van der Waals surface area (Å²) in [4.78, 5) is 5.29. The number of hydrogen-bond donors (Lipinski definition) is 0. The number of benzene rings is 1. The molecule has 2 aromatic heterocycles. The zero-order valence-electron chi connectivity index (χ0n) is 12.7. The van der Waals surface area contributed by atoms with E-state index in [9.17, 15) is 12.6 Å². The van der Waals surface area contributed by atoms with Crippen molar-refractivity contribution in [1.82, 2.24) is 4.98 Å². The van der Waals surface area contributed by atoms with Gasteiger partial charge in [-0.2, -0.15) is 8.42 Å². The fourth-order valence-electron chi connectivity index (χ4n) is 2.04. The monoisotopic (exact) mass is 378 g/mol. The molecule has 3 rings (SSSR count). The minimum Gasteiger partial charge on any atom is -0.255 e. The van der Waals surface area contributed by atoms with Crippen molar-refractivity contribution in [2.24, 2.45) is 3.77 Å². The van der Waals surface area contributed by atoms with E-state index in [1.54, 1.807) is 54.7 Å². The van der Waals surface area contributed by atoms with Crippen molar-refractivity contribution in [3.05, 3.63) is 66.9 Å². The first kappa shape index (κ1) is 16.8. The second kappa shape index (κ2) is 6.46. The molecule has 3 aromatic rings. The molecule has 0 aliphatic carbocycles. The van der Waals surface area contributed by atoms with Gasteiger partial charge in [0, 0.05) is 17.3 Å². The molecule has 0 bridgehead atoms. The maximum Gasteiger partial charge on any atom is 0.299 e. The van der Waals surface area contributed by atoms with Crippen molar-refractivity contribution >= 4 is 31.1 Å². The van der Waals surface area contributed by atoms with Gasteiger partial charge in [-0.1, -0.05) is 24.3 Å². The van der Waals surface area contributed by atoms with Crippen LogP contribution in [-0.4, -0.2) is 23.9 Å². The lowest BCUT2D eigenvalue weighted by Crippen LogP contribution is -2.03. The Hall–Kier alpha value is -2.03. The minimum absolute atomic E-state index is 0.0497. The van der Waals surface area contributed by atoms with E-state index in [0.717, 1.165) is 11.3 Å². The molecule has 0 aliphatic rings. The quantitative estimate of drug-likeness (QED) is 0.694.